The van der Waals surface area contributed by atoms with E-state index in [0.717, 1.165) is 0 Å². The molecule has 0 aromatic carbocycles. The van der Waals surface area contributed by atoms with E-state index in [-0.39, 0.29) is 13.2 Å². The molecule has 3 nitrogen and oxygen atoms in total. The lowest BCUT2D eigenvalue weighted by Gasteiger charge is -2.18. The predicted molar refractivity (Wildman–Crippen MR) is 49.9 cm³/mol. The van der Waals surface area contributed by atoms with Gasteiger partial charge in [-0.3, -0.25) is 4.90 Å². The van der Waals surface area contributed by atoms with E-state index < -0.39 is 0 Å². The van der Waals surface area contributed by atoms with Crippen LogP contribution in [-0.2, 0) is 0 Å². The number of aliphatic hydroxyl groups is 2. The van der Waals surface area contributed by atoms with Crippen LogP contribution in [0, 0.1) is 0 Å². The molecule has 1 aliphatic heterocycles. The Morgan fingerprint density at radius 1 is 1.27 bits per heavy atom. The van der Waals surface area contributed by atoms with Crippen molar-refractivity contribution in [3.05, 3.63) is 0 Å². The molecule has 0 spiro atoms. The molecule has 5 heteroatoms. The van der Waals surface area contributed by atoms with Crippen LogP contribution in [-0.4, -0.2) is 51.4 Å². The van der Waals surface area contributed by atoms with E-state index in [9.17, 15) is 0 Å². The molecule has 1 saturated heterocycles. The summed E-state index contributed by atoms with van der Waals surface area (Å²) in [4.78, 5) is 2.04. The summed E-state index contributed by atoms with van der Waals surface area (Å²) >= 11 is 6.00. The van der Waals surface area contributed by atoms with Crippen molar-refractivity contribution in [3.63, 3.8) is 0 Å². The van der Waals surface area contributed by atoms with Gasteiger partial charge >= 0.3 is 0 Å². The fourth-order valence-electron chi connectivity index (χ4n) is 0.987. The van der Waals surface area contributed by atoms with Crippen molar-refractivity contribution in [2.24, 2.45) is 0 Å². The highest BCUT2D eigenvalue weighted by atomic mass is 32.2. The van der Waals surface area contributed by atoms with Crippen LogP contribution in [0.15, 0.2) is 0 Å². The molecule has 2 unspecified atom stereocenters. The summed E-state index contributed by atoms with van der Waals surface area (Å²) in [6, 6.07) is 0. The summed E-state index contributed by atoms with van der Waals surface area (Å²) in [5.74, 6) is 0. The van der Waals surface area contributed by atoms with Gasteiger partial charge in [0.2, 0.25) is 0 Å². The Kier molecular flexibility index (Phi) is 4.01. The van der Waals surface area contributed by atoms with E-state index in [2.05, 4.69) is 12.6 Å². The molecule has 11 heavy (non-hydrogen) atoms. The average Bonchev–Trinajstić information content (AvgIpc) is 2.67. The third-order valence-corrected chi connectivity index (χ3v) is 3.50. The van der Waals surface area contributed by atoms with E-state index in [0.29, 0.717) is 23.0 Å². The zero-order valence-corrected chi connectivity index (χ0v) is 7.89. The summed E-state index contributed by atoms with van der Waals surface area (Å²) in [6.45, 7) is 1.57. The number of thioether (sulfide) groups is 1. The van der Waals surface area contributed by atoms with Gasteiger partial charge in [0, 0.05) is 13.1 Å². The molecule has 1 rings (SSSR count). The highest BCUT2D eigenvalue weighted by Gasteiger charge is 2.39. The van der Waals surface area contributed by atoms with Crippen LogP contribution in [0.2, 0.25) is 0 Å². The molecule has 0 radical (unpaired) electrons. The van der Waals surface area contributed by atoms with E-state index in [4.69, 9.17) is 10.2 Å². The monoisotopic (exact) mass is 195 g/mol. The van der Waals surface area contributed by atoms with Crippen molar-refractivity contribution < 1.29 is 10.2 Å². The topological polar surface area (TPSA) is 43.7 Å². The number of aliphatic hydroxyl groups excluding tert-OH is 2. The fraction of sp³-hybridized carbons (Fsp3) is 1.00. The summed E-state index contributed by atoms with van der Waals surface area (Å²) in [5, 5.41) is 17.7. The Bertz CT molecular complexity index is 119. The lowest BCUT2D eigenvalue weighted by Crippen LogP contribution is -2.32. The van der Waals surface area contributed by atoms with Gasteiger partial charge in [0.15, 0.2) is 0 Å². The largest absolute Gasteiger partial charge is 0.395 e. The second kappa shape index (κ2) is 4.57. The molecular formula is C6H13NO2S2. The van der Waals surface area contributed by atoms with Crippen LogP contribution in [0.4, 0.5) is 0 Å². The maximum Gasteiger partial charge on any atom is 0.0782 e. The Morgan fingerprint density at radius 3 is 2.00 bits per heavy atom. The highest BCUT2D eigenvalue weighted by Crippen LogP contribution is 2.45. The van der Waals surface area contributed by atoms with E-state index >= 15 is 0 Å². The molecule has 0 aliphatic carbocycles. The SMILES string of the molecule is OCCN(CCO)C1SC1S. The average molecular weight is 195 g/mol. The van der Waals surface area contributed by atoms with Gasteiger partial charge in [0.25, 0.3) is 0 Å². The first-order valence-electron chi connectivity index (χ1n) is 3.59. The van der Waals surface area contributed by atoms with Crippen molar-refractivity contribution in [2.45, 2.75) is 9.96 Å². The lowest BCUT2D eigenvalue weighted by molar-refractivity contribution is 0.163. The standard InChI is InChI=1S/C6H13NO2S2/c8-3-1-7(2-4-9)5-6(10)11-5/h5-6,8-10H,1-4H2. The minimum Gasteiger partial charge on any atom is -0.395 e. The zero-order valence-electron chi connectivity index (χ0n) is 6.18. The highest BCUT2D eigenvalue weighted by molar-refractivity contribution is 8.18. The normalized spacial score (nSPS) is 29.5. The van der Waals surface area contributed by atoms with E-state index in [1.165, 1.54) is 0 Å². The molecule has 0 bridgehead atoms. The van der Waals surface area contributed by atoms with Gasteiger partial charge in [-0.25, -0.2) is 0 Å². The van der Waals surface area contributed by atoms with Gasteiger partial charge in [-0.2, -0.15) is 12.6 Å². The molecular weight excluding hydrogens is 182 g/mol. The number of rotatable bonds is 5. The third-order valence-electron chi connectivity index (χ3n) is 1.58. The number of nitrogens with zero attached hydrogens (tertiary/aromatic N) is 1. The maximum absolute atomic E-state index is 8.67. The van der Waals surface area contributed by atoms with Gasteiger partial charge in [0.05, 0.1) is 23.2 Å². The quantitative estimate of drug-likeness (QED) is 0.413. The first-order chi connectivity index (χ1) is 5.29. The van der Waals surface area contributed by atoms with Crippen molar-refractivity contribution in [1.29, 1.82) is 0 Å². The van der Waals surface area contributed by atoms with Gasteiger partial charge in [-0.15, -0.1) is 11.8 Å². The third kappa shape index (κ3) is 2.83. The van der Waals surface area contributed by atoms with Crippen LogP contribution < -0.4 is 0 Å². The first kappa shape index (κ1) is 9.67. The van der Waals surface area contributed by atoms with Crippen molar-refractivity contribution >= 4 is 24.4 Å². The molecule has 66 valence electrons. The number of hydrogen-bond acceptors (Lipinski definition) is 5. The molecule has 0 aromatic heterocycles. The molecule has 1 heterocycles. The summed E-state index contributed by atoms with van der Waals surface area (Å²) in [5.41, 5.74) is 0. The van der Waals surface area contributed by atoms with Crippen LogP contribution in [0.1, 0.15) is 0 Å². The zero-order chi connectivity index (χ0) is 8.27. The maximum atomic E-state index is 8.67. The molecule has 0 aromatic rings. The predicted octanol–water partition coefficient (Wildman–Crippen LogP) is -0.398. The molecule has 2 N–H and O–H groups in total. The molecule has 2 atom stereocenters. The van der Waals surface area contributed by atoms with Gasteiger partial charge in [-0.1, -0.05) is 0 Å². The minimum absolute atomic E-state index is 0.150. The lowest BCUT2D eigenvalue weighted by atomic mass is 10.5. The first-order valence-corrected chi connectivity index (χ1v) is 5.05. The van der Waals surface area contributed by atoms with Gasteiger partial charge in [-0.05, 0) is 0 Å². The fourth-order valence-corrected chi connectivity index (χ4v) is 2.30. The molecule has 0 amide bonds. The van der Waals surface area contributed by atoms with Crippen molar-refractivity contribution in [3.8, 4) is 0 Å². The molecule has 0 saturated carbocycles. The van der Waals surface area contributed by atoms with Crippen LogP contribution in [0.25, 0.3) is 0 Å². The van der Waals surface area contributed by atoms with E-state index in [1.807, 2.05) is 4.90 Å². The molecule has 1 fully saturated rings. The Balaban J connectivity index is 2.22. The Morgan fingerprint density at radius 2 is 1.73 bits per heavy atom. The van der Waals surface area contributed by atoms with Crippen molar-refractivity contribution in [2.75, 3.05) is 26.3 Å². The van der Waals surface area contributed by atoms with Crippen molar-refractivity contribution in [1.82, 2.24) is 4.90 Å². The molecule has 1 aliphatic rings. The smallest absolute Gasteiger partial charge is 0.0782 e. The number of thiol groups is 1. The second-order valence-electron chi connectivity index (χ2n) is 2.40. The van der Waals surface area contributed by atoms with Crippen LogP contribution >= 0.6 is 24.4 Å². The number of hydrogen-bond donors (Lipinski definition) is 3. The van der Waals surface area contributed by atoms with Gasteiger partial charge in [0.1, 0.15) is 0 Å². The van der Waals surface area contributed by atoms with E-state index in [1.54, 1.807) is 11.8 Å². The summed E-state index contributed by atoms with van der Waals surface area (Å²) in [6.07, 6.45) is 0. The van der Waals surface area contributed by atoms with Crippen LogP contribution in [0.5, 0.6) is 0 Å². The minimum atomic E-state index is 0.150. The summed E-state index contributed by atoms with van der Waals surface area (Å²) < 4.78 is 0.369. The Hall–Kier alpha value is 0.580. The van der Waals surface area contributed by atoms with Gasteiger partial charge < -0.3 is 10.2 Å². The summed E-state index contributed by atoms with van der Waals surface area (Å²) in [7, 11) is 0. The second-order valence-corrected chi connectivity index (χ2v) is 4.57. The van der Waals surface area contributed by atoms with Crippen LogP contribution in [0.3, 0.4) is 0 Å². The Labute approximate surface area is 76.2 Å².